The fourth-order valence-corrected chi connectivity index (χ4v) is 1.59. The Hall–Kier alpha value is -0.240. The quantitative estimate of drug-likeness (QED) is 0.805. The summed E-state index contributed by atoms with van der Waals surface area (Å²) in [7, 11) is 0. The highest BCUT2D eigenvalue weighted by atomic mass is 35.5. The molecule has 1 aromatic carbocycles. The molecule has 0 unspecified atom stereocenters. The Morgan fingerprint density at radius 1 is 1.23 bits per heavy atom. The van der Waals surface area contributed by atoms with Crippen molar-refractivity contribution in [3.05, 3.63) is 33.8 Å². The minimum absolute atomic E-state index is 0.552. The fourth-order valence-electron chi connectivity index (χ4n) is 1.07. The van der Waals surface area contributed by atoms with E-state index in [4.69, 9.17) is 23.2 Å². The molecule has 0 fully saturated rings. The largest absolute Gasteiger partial charge is 0.385 e. The summed E-state index contributed by atoms with van der Waals surface area (Å²) in [6, 6.07) is 5.12. The van der Waals surface area contributed by atoms with Crippen LogP contribution in [0.2, 0.25) is 10.0 Å². The van der Waals surface area contributed by atoms with Gasteiger partial charge in [0, 0.05) is 10.0 Å². The summed E-state index contributed by atoms with van der Waals surface area (Å²) >= 11 is 11.6. The van der Waals surface area contributed by atoms with Crippen LogP contribution in [-0.4, -0.2) is 5.11 Å². The van der Waals surface area contributed by atoms with Crippen molar-refractivity contribution >= 4 is 23.2 Å². The van der Waals surface area contributed by atoms with Crippen molar-refractivity contribution in [2.75, 3.05) is 0 Å². The molecule has 13 heavy (non-hydrogen) atoms. The van der Waals surface area contributed by atoms with Gasteiger partial charge < -0.3 is 5.11 Å². The van der Waals surface area contributed by atoms with Crippen molar-refractivity contribution in [3.8, 4) is 0 Å². The van der Waals surface area contributed by atoms with E-state index in [1.54, 1.807) is 25.1 Å². The molecule has 0 aliphatic heterocycles. The van der Waals surface area contributed by atoms with Crippen LogP contribution in [0.25, 0.3) is 0 Å². The van der Waals surface area contributed by atoms with E-state index in [1.807, 2.05) is 6.92 Å². The zero-order chi connectivity index (χ0) is 10.1. The standard InChI is InChI=1S/C10H12Cl2O/c1-3-10(2,13)7-4-8(11)6-9(12)5-7/h4-6,13H,3H2,1-2H3/t10-/m0/s1. The molecular formula is C10H12Cl2O. The minimum atomic E-state index is -0.853. The molecule has 3 heteroatoms. The summed E-state index contributed by atoms with van der Waals surface area (Å²) in [5.74, 6) is 0. The predicted molar refractivity (Wildman–Crippen MR) is 56.3 cm³/mol. The number of hydrogen-bond acceptors (Lipinski definition) is 1. The molecule has 1 nitrogen and oxygen atoms in total. The van der Waals surface area contributed by atoms with Gasteiger partial charge in [0.25, 0.3) is 0 Å². The van der Waals surface area contributed by atoms with E-state index < -0.39 is 5.60 Å². The molecular weight excluding hydrogens is 207 g/mol. The lowest BCUT2D eigenvalue weighted by Gasteiger charge is -2.22. The van der Waals surface area contributed by atoms with E-state index in [0.717, 1.165) is 5.56 Å². The van der Waals surface area contributed by atoms with Gasteiger partial charge in [0.15, 0.2) is 0 Å². The molecule has 0 saturated heterocycles. The zero-order valence-electron chi connectivity index (χ0n) is 7.64. The molecule has 0 bridgehead atoms. The lowest BCUT2D eigenvalue weighted by molar-refractivity contribution is 0.0531. The maximum Gasteiger partial charge on any atom is 0.0866 e. The smallest absolute Gasteiger partial charge is 0.0866 e. The van der Waals surface area contributed by atoms with E-state index in [9.17, 15) is 5.11 Å². The predicted octanol–water partition coefficient (Wildman–Crippen LogP) is 3.61. The molecule has 0 amide bonds. The average Bonchev–Trinajstić information content (AvgIpc) is 2.02. The zero-order valence-corrected chi connectivity index (χ0v) is 9.15. The number of aliphatic hydroxyl groups is 1. The Morgan fingerprint density at radius 2 is 1.69 bits per heavy atom. The van der Waals surface area contributed by atoms with Crippen molar-refractivity contribution in [1.29, 1.82) is 0 Å². The summed E-state index contributed by atoms with van der Waals surface area (Å²) in [6.07, 6.45) is 0.629. The number of rotatable bonds is 2. The second-order valence-electron chi connectivity index (χ2n) is 3.29. The molecule has 0 radical (unpaired) electrons. The first kappa shape index (κ1) is 10.8. The van der Waals surface area contributed by atoms with Crippen LogP contribution in [0.15, 0.2) is 18.2 Å². The van der Waals surface area contributed by atoms with E-state index >= 15 is 0 Å². The summed E-state index contributed by atoms with van der Waals surface area (Å²) in [6.45, 7) is 3.66. The fraction of sp³-hybridized carbons (Fsp3) is 0.400. The third kappa shape index (κ3) is 2.60. The average molecular weight is 219 g/mol. The summed E-state index contributed by atoms with van der Waals surface area (Å²) in [5, 5.41) is 11.0. The van der Waals surface area contributed by atoms with Gasteiger partial charge >= 0.3 is 0 Å². The summed E-state index contributed by atoms with van der Waals surface area (Å²) in [5.41, 5.74) is -0.0957. The Balaban J connectivity index is 3.15. The first-order chi connectivity index (χ1) is 5.95. The van der Waals surface area contributed by atoms with Crippen molar-refractivity contribution in [3.63, 3.8) is 0 Å². The highest BCUT2D eigenvalue weighted by molar-refractivity contribution is 6.34. The van der Waals surface area contributed by atoms with Crippen molar-refractivity contribution < 1.29 is 5.11 Å². The topological polar surface area (TPSA) is 20.2 Å². The number of hydrogen-bond donors (Lipinski definition) is 1. The molecule has 0 spiro atoms. The van der Waals surface area contributed by atoms with Crippen LogP contribution in [0.1, 0.15) is 25.8 Å². The highest BCUT2D eigenvalue weighted by Crippen LogP contribution is 2.29. The normalized spacial score (nSPS) is 15.5. The van der Waals surface area contributed by atoms with E-state index in [1.165, 1.54) is 0 Å². The van der Waals surface area contributed by atoms with Crippen LogP contribution in [0, 0.1) is 0 Å². The van der Waals surface area contributed by atoms with Crippen molar-refractivity contribution in [2.24, 2.45) is 0 Å². The van der Waals surface area contributed by atoms with Crippen molar-refractivity contribution in [1.82, 2.24) is 0 Å². The molecule has 1 aromatic rings. The van der Waals surface area contributed by atoms with Crippen LogP contribution in [0.4, 0.5) is 0 Å². The van der Waals surface area contributed by atoms with Crippen LogP contribution in [0.5, 0.6) is 0 Å². The monoisotopic (exact) mass is 218 g/mol. The van der Waals surface area contributed by atoms with Crippen LogP contribution in [-0.2, 0) is 5.60 Å². The van der Waals surface area contributed by atoms with Crippen LogP contribution < -0.4 is 0 Å². The lowest BCUT2D eigenvalue weighted by Crippen LogP contribution is -2.19. The number of benzene rings is 1. The Morgan fingerprint density at radius 3 is 2.08 bits per heavy atom. The minimum Gasteiger partial charge on any atom is -0.385 e. The van der Waals surface area contributed by atoms with Gasteiger partial charge in [0.1, 0.15) is 0 Å². The van der Waals surface area contributed by atoms with Gasteiger partial charge in [-0.15, -0.1) is 0 Å². The van der Waals surface area contributed by atoms with Gasteiger partial charge in [-0.25, -0.2) is 0 Å². The van der Waals surface area contributed by atoms with Gasteiger partial charge in [0.05, 0.1) is 5.60 Å². The SMILES string of the molecule is CC[C@](C)(O)c1cc(Cl)cc(Cl)c1. The van der Waals surface area contributed by atoms with Gasteiger partial charge in [-0.3, -0.25) is 0 Å². The molecule has 0 aliphatic rings. The first-order valence-corrected chi connectivity index (χ1v) is 4.90. The molecule has 72 valence electrons. The van der Waals surface area contributed by atoms with Crippen LogP contribution >= 0.6 is 23.2 Å². The highest BCUT2D eigenvalue weighted by Gasteiger charge is 2.20. The van der Waals surface area contributed by atoms with Gasteiger partial charge in [-0.1, -0.05) is 30.1 Å². The maximum atomic E-state index is 9.93. The van der Waals surface area contributed by atoms with E-state index in [0.29, 0.717) is 16.5 Å². The van der Waals surface area contributed by atoms with E-state index in [2.05, 4.69) is 0 Å². The number of halogens is 2. The molecule has 1 atom stereocenters. The Bertz CT molecular complexity index is 288. The van der Waals surface area contributed by atoms with E-state index in [-0.39, 0.29) is 0 Å². The van der Waals surface area contributed by atoms with Gasteiger partial charge in [0.2, 0.25) is 0 Å². The summed E-state index contributed by atoms with van der Waals surface area (Å²) < 4.78 is 0. The third-order valence-corrected chi connectivity index (χ3v) is 2.61. The summed E-state index contributed by atoms with van der Waals surface area (Å²) in [4.78, 5) is 0. The van der Waals surface area contributed by atoms with Crippen LogP contribution in [0.3, 0.4) is 0 Å². The molecule has 0 aromatic heterocycles. The van der Waals surface area contributed by atoms with Crippen molar-refractivity contribution in [2.45, 2.75) is 25.9 Å². The molecule has 1 N–H and O–H groups in total. The third-order valence-electron chi connectivity index (χ3n) is 2.17. The molecule has 1 rings (SSSR count). The molecule has 0 heterocycles. The second kappa shape index (κ2) is 3.87. The molecule has 0 saturated carbocycles. The Labute approximate surface area is 88.3 Å². The first-order valence-electron chi connectivity index (χ1n) is 4.14. The lowest BCUT2D eigenvalue weighted by atomic mass is 9.94. The maximum absolute atomic E-state index is 9.93. The van der Waals surface area contributed by atoms with Gasteiger partial charge in [-0.2, -0.15) is 0 Å². The Kier molecular flexibility index (Phi) is 3.23. The second-order valence-corrected chi connectivity index (χ2v) is 4.16. The van der Waals surface area contributed by atoms with Gasteiger partial charge in [-0.05, 0) is 37.1 Å². The molecule has 0 aliphatic carbocycles.